The fraction of sp³-hybridized carbons (Fsp3) is 0.235. The van der Waals surface area contributed by atoms with Gasteiger partial charge in [-0.2, -0.15) is 0 Å². The Bertz CT molecular complexity index is 840. The molecule has 1 aromatic heterocycles. The molecule has 0 atom stereocenters. The van der Waals surface area contributed by atoms with Gasteiger partial charge in [0.25, 0.3) is 0 Å². The molecule has 4 heteroatoms. The molecule has 4 nitrogen and oxygen atoms in total. The van der Waals surface area contributed by atoms with Crippen molar-refractivity contribution < 1.29 is 14.3 Å². The van der Waals surface area contributed by atoms with Gasteiger partial charge < -0.3 is 14.8 Å². The van der Waals surface area contributed by atoms with Gasteiger partial charge in [-0.05, 0) is 24.3 Å². The molecule has 0 saturated carbocycles. The zero-order valence-electron chi connectivity index (χ0n) is 12.2. The number of phenolic OH excluding ortho intramolecular Hbond substituents is 1. The van der Waals surface area contributed by atoms with E-state index in [-0.39, 0.29) is 11.7 Å². The third-order valence-electron chi connectivity index (χ3n) is 3.40. The highest BCUT2D eigenvalue weighted by molar-refractivity contribution is 6.07. The summed E-state index contributed by atoms with van der Waals surface area (Å²) in [5.41, 5.74) is 1.56. The highest BCUT2D eigenvalue weighted by Gasteiger charge is 2.21. The van der Waals surface area contributed by atoms with Crippen LogP contribution >= 0.6 is 0 Å². The lowest BCUT2D eigenvalue weighted by Crippen LogP contribution is -2.27. The van der Waals surface area contributed by atoms with Crippen molar-refractivity contribution in [3.63, 3.8) is 0 Å². The Morgan fingerprint density at radius 3 is 2.33 bits per heavy atom. The molecule has 0 aliphatic carbocycles. The van der Waals surface area contributed by atoms with Crippen molar-refractivity contribution in [1.29, 1.82) is 0 Å². The van der Waals surface area contributed by atoms with E-state index < -0.39 is 5.41 Å². The molecule has 0 aliphatic rings. The van der Waals surface area contributed by atoms with Crippen LogP contribution < -0.4 is 5.32 Å². The molecule has 2 N–H and O–H groups in total. The van der Waals surface area contributed by atoms with Crippen LogP contribution in [-0.2, 0) is 4.79 Å². The number of anilines is 1. The Morgan fingerprint density at radius 1 is 1.05 bits per heavy atom. The van der Waals surface area contributed by atoms with E-state index in [2.05, 4.69) is 5.32 Å². The number of carbonyl (C=O) groups excluding carboxylic acids is 1. The topological polar surface area (TPSA) is 62.5 Å². The van der Waals surface area contributed by atoms with Gasteiger partial charge in [0.05, 0.1) is 0 Å². The monoisotopic (exact) mass is 283 g/mol. The number of furan rings is 1. The summed E-state index contributed by atoms with van der Waals surface area (Å²) in [6, 6.07) is 10.6. The first-order chi connectivity index (χ1) is 9.84. The second-order valence-electron chi connectivity index (χ2n) is 6.20. The van der Waals surface area contributed by atoms with Crippen LogP contribution in [-0.4, -0.2) is 11.0 Å². The zero-order chi connectivity index (χ0) is 15.2. The number of carbonyl (C=O) groups is 1. The minimum atomic E-state index is -0.450. The zero-order valence-corrected chi connectivity index (χ0v) is 12.2. The van der Waals surface area contributed by atoms with Gasteiger partial charge in [-0.15, -0.1) is 0 Å². The molecule has 0 bridgehead atoms. The number of nitrogens with one attached hydrogen (secondary N) is 1. The lowest BCUT2D eigenvalue weighted by Gasteiger charge is -2.17. The summed E-state index contributed by atoms with van der Waals surface area (Å²) in [5.74, 6) is 0.124. The fourth-order valence-electron chi connectivity index (χ4n) is 2.16. The fourth-order valence-corrected chi connectivity index (χ4v) is 2.16. The van der Waals surface area contributed by atoms with Crippen molar-refractivity contribution in [2.75, 3.05) is 5.32 Å². The number of phenols is 1. The molecule has 0 unspecified atom stereocenters. The first-order valence-electron chi connectivity index (χ1n) is 6.81. The molecule has 0 spiro atoms. The van der Waals surface area contributed by atoms with Crippen LogP contribution in [0.15, 0.2) is 40.8 Å². The third-order valence-corrected chi connectivity index (χ3v) is 3.40. The highest BCUT2D eigenvalue weighted by Crippen LogP contribution is 2.32. The van der Waals surface area contributed by atoms with Gasteiger partial charge >= 0.3 is 0 Å². The van der Waals surface area contributed by atoms with E-state index in [1.165, 1.54) is 0 Å². The molecule has 0 saturated heterocycles. The Labute approximate surface area is 122 Å². The van der Waals surface area contributed by atoms with Crippen LogP contribution in [0.4, 0.5) is 5.69 Å². The predicted molar refractivity (Wildman–Crippen MR) is 83.5 cm³/mol. The van der Waals surface area contributed by atoms with Gasteiger partial charge in [-0.25, -0.2) is 0 Å². The summed E-state index contributed by atoms with van der Waals surface area (Å²) in [6.45, 7) is 5.60. The molecule has 2 aromatic carbocycles. The molecule has 21 heavy (non-hydrogen) atoms. The Morgan fingerprint density at radius 2 is 1.67 bits per heavy atom. The van der Waals surface area contributed by atoms with Crippen LogP contribution in [0.1, 0.15) is 20.8 Å². The number of rotatable bonds is 1. The van der Waals surface area contributed by atoms with Gasteiger partial charge in [-0.3, -0.25) is 4.79 Å². The molecule has 0 aliphatic heterocycles. The molecule has 0 radical (unpaired) electrons. The maximum Gasteiger partial charge on any atom is 0.229 e. The van der Waals surface area contributed by atoms with Crippen molar-refractivity contribution in [1.82, 2.24) is 0 Å². The summed E-state index contributed by atoms with van der Waals surface area (Å²) in [7, 11) is 0. The smallest absolute Gasteiger partial charge is 0.229 e. The van der Waals surface area contributed by atoms with Gasteiger partial charge in [0.1, 0.15) is 16.9 Å². The van der Waals surface area contributed by atoms with E-state index in [1.54, 1.807) is 18.2 Å². The average molecular weight is 283 g/mol. The average Bonchev–Trinajstić information content (AvgIpc) is 2.73. The molecule has 108 valence electrons. The van der Waals surface area contributed by atoms with E-state index in [0.29, 0.717) is 16.9 Å². The summed E-state index contributed by atoms with van der Waals surface area (Å²) in [6.07, 6.45) is 0. The van der Waals surface area contributed by atoms with Gasteiger partial charge in [0.15, 0.2) is 0 Å². The van der Waals surface area contributed by atoms with Gasteiger partial charge in [0.2, 0.25) is 5.91 Å². The van der Waals surface area contributed by atoms with E-state index in [0.717, 1.165) is 10.8 Å². The van der Waals surface area contributed by atoms with Crippen LogP contribution in [0.5, 0.6) is 5.75 Å². The second kappa shape index (κ2) is 4.52. The second-order valence-corrected chi connectivity index (χ2v) is 6.20. The lowest BCUT2D eigenvalue weighted by atomic mass is 9.95. The van der Waals surface area contributed by atoms with E-state index in [1.807, 2.05) is 39.0 Å². The number of hydrogen-bond donors (Lipinski definition) is 2. The number of aromatic hydroxyl groups is 1. The van der Waals surface area contributed by atoms with Crippen molar-refractivity contribution in [2.24, 2.45) is 5.41 Å². The molecule has 1 heterocycles. The minimum absolute atomic E-state index is 0.0457. The van der Waals surface area contributed by atoms with E-state index >= 15 is 0 Å². The normalized spacial score (nSPS) is 12.0. The highest BCUT2D eigenvalue weighted by atomic mass is 16.3. The van der Waals surface area contributed by atoms with Gasteiger partial charge in [0, 0.05) is 34.0 Å². The first kappa shape index (κ1) is 13.5. The number of fused-ring (bicyclic) bond motifs is 3. The summed E-state index contributed by atoms with van der Waals surface area (Å²) in [5, 5.41) is 14.3. The van der Waals surface area contributed by atoms with Crippen LogP contribution in [0.3, 0.4) is 0 Å². The summed E-state index contributed by atoms with van der Waals surface area (Å²) < 4.78 is 5.73. The van der Waals surface area contributed by atoms with E-state index in [9.17, 15) is 9.90 Å². The third kappa shape index (κ3) is 2.44. The van der Waals surface area contributed by atoms with Crippen LogP contribution in [0, 0.1) is 5.41 Å². The summed E-state index contributed by atoms with van der Waals surface area (Å²) >= 11 is 0. The van der Waals surface area contributed by atoms with Crippen molar-refractivity contribution in [3.8, 4) is 5.75 Å². The number of hydrogen-bond acceptors (Lipinski definition) is 3. The Hall–Kier alpha value is -2.49. The lowest BCUT2D eigenvalue weighted by molar-refractivity contribution is -0.123. The van der Waals surface area contributed by atoms with Crippen LogP contribution in [0.2, 0.25) is 0 Å². The molecular formula is C17H17NO3. The van der Waals surface area contributed by atoms with Crippen molar-refractivity contribution in [2.45, 2.75) is 20.8 Å². The molecule has 3 rings (SSSR count). The number of amides is 1. The standard InChI is InChI=1S/C17H17NO3/c1-17(2,3)16(20)18-10-4-6-12-13-7-5-11(19)9-15(13)21-14(12)8-10/h4-9,19H,1-3H3,(H,18,20). The number of benzene rings is 2. The largest absolute Gasteiger partial charge is 0.508 e. The SMILES string of the molecule is CC(C)(C)C(=O)Nc1ccc2c(c1)oc1cc(O)ccc12. The first-order valence-corrected chi connectivity index (χ1v) is 6.81. The Kier molecular flexibility index (Phi) is 2.90. The minimum Gasteiger partial charge on any atom is -0.508 e. The molecule has 3 aromatic rings. The van der Waals surface area contributed by atoms with Gasteiger partial charge in [-0.1, -0.05) is 20.8 Å². The molecule has 1 amide bonds. The van der Waals surface area contributed by atoms with Crippen LogP contribution in [0.25, 0.3) is 21.9 Å². The molecular weight excluding hydrogens is 266 g/mol. The van der Waals surface area contributed by atoms with E-state index in [4.69, 9.17) is 4.42 Å². The maximum absolute atomic E-state index is 12.0. The maximum atomic E-state index is 12.0. The predicted octanol–water partition coefficient (Wildman–Crippen LogP) is 4.28. The molecule has 0 fully saturated rings. The van der Waals surface area contributed by atoms with Crippen molar-refractivity contribution in [3.05, 3.63) is 36.4 Å². The van der Waals surface area contributed by atoms with Crippen molar-refractivity contribution >= 4 is 33.5 Å². The quantitative estimate of drug-likeness (QED) is 0.700. The summed E-state index contributed by atoms with van der Waals surface area (Å²) in [4.78, 5) is 12.0. The Balaban J connectivity index is 2.04.